The number of rotatable bonds is 5. The van der Waals surface area contributed by atoms with Crippen molar-refractivity contribution in [2.75, 3.05) is 6.54 Å². The highest BCUT2D eigenvalue weighted by atomic mass is 19.1. The van der Waals surface area contributed by atoms with Gasteiger partial charge >= 0.3 is 5.97 Å². The van der Waals surface area contributed by atoms with Crippen LogP contribution in [0.1, 0.15) is 12.5 Å². The first-order valence-corrected chi connectivity index (χ1v) is 4.77. The second kappa shape index (κ2) is 5.46. The third kappa shape index (κ3) is 4.08. The summed E-state index contributed by atoms with van der Waals surface area (Å²) in [5, 5.41) is 11.6. The molecule has 0 aliphatic rings. The van der Waals surface area contributed by atoms with Gasteiger partial charge in [0.2, 0.25) is 0 Å². The third-order valence-electron chi connectivity index (χ3n) is 2.11. The van der Waals surface area contributed by atoms with E-state index >= 15 is 0 Å². The van der Waals surface area contributed by atoms with Crippen molar-refractivity contribution in [2.45, 2.75) is 13.5 Å². The molecule has 0 amide bonds. The predicted octanol–water partition coefficient (Wildman–Crippen LogP) is 1.64. The van der Waals surface area contributed by atoms with Crippen molar-refractivity contribution in [3.63, 3.8) is 0 Å². The lowest BCUT2D eigenvalue weighted by Crippen LogP contribution is -2.25. The molecule has 1 atom stereocenters. The molecule has 1 unspecified atom stereocenters. The van der Waals surface area contributed by atoms with Crippen LogP contribution in [-0.2, 0) is 11.3 Å². The van der Waals surface area contributed by atoms with Gasteiger partial charge in [0.05, 0.1) is 5.92 Å². The molecule has 0 fully saturated rings. The van der Waals surface area contributed by atoms with Crippen LogP contribution in [0.15, 0.2) is 24.3 Å². The Morgan fingerprint density at radius 3 is 2.60 bits per heavy atom. The first-order valence-electron chi connectivity index (χ1n) is 4.77. The molecule has 0 heterocycles. The van der Waals surface area contributed by atoms with Crippen LogP contribution < -0.4 is 5.32 Å². The van der Waals surface area contributed by atoms with Crippen LogP contribution in [0.25, 0.3) is 0 Å². The molecule has 0 aromatic heterocycles. The van der Waals surface area contributed by atoms with Crippen molar-refractivity contribution in [3.05, 3.63) is 35.6 Å². The number of carboxylic acid groups (broad SMARTS) is 1. The van der Waals surface area contributed by atoms with Crippen LogP contribution in [0.2, 0.25) is 0 Å². The topological polar surface area (TPSA) is 49.3 Å². The molecule has 1 aromatic rings. The molecular formula is C11H14FNO2. The van der Waals surface area contributed by atoms with Crippen LogP contribution in [0.5, 0.6) is 0 Å². The highest BCUT2D eigenvalue weighted by Gasteiger charge is 2.09. The summed E-state index contributed by atoms with van der Waals surface area (Å²) in [5.74, 6) is -1.50. The summed E-state index contributed by atoms with van der Waals surface area (Å²) in [4.78, 5) is 10.5. The minimum Gasteiger partial charge on any atom is -0.481 e. The molecule has 1 aromatic carbocycles. The van der Waals surface area contributed by atoms with Gasteiger partial charge in [-0.2, -0.15) is 0 Å². The Labute approximate surface area is 87.9 Å². The van der Waals surface area contributed by atoms with Gasteiger partial charge in [-0.05, 0) is 17.7 Å². The van der Waals surface area contributed by atoms with Crippen molar-refractivity contribution in [1.82, 2.24) is 5.32 Å². The number of nitrogens with one attached hydrogen (secondary N) is 1. The van der Waals surface area contributed by atoms with E-state index in [9.17, 15) is 9.18 Å². The zero-order valence-corrected chi connectivity index (χ0v) is 8.53. The molecule has 0 bridgehead atoms. The molecule has 0 saturated heterocycles. The van der Waals surface area contributed by atoms with Crippen molar-refractivity contribution in [2.24, 2.45) is 5.92 Å². The Morgan fingerprint density at radius 1 is 1.47 bits per heavy atom. The summed E-state index contributed by atoms with van der Waals surface area (Å²) in [6, 6.07) is 6.12. The summed E-state index contributed by atoms with van der Waals surface area (Å²) >= 11 is 0. The maximum atomic E-state index is 12.5. The van der Waals surface area contributed by atoms with Gasteiger partial charge in [-0.25, -0.2) is 4.39 Å². The number of carbonyl (C=O) groups is 1. The van der Waals surface area contributed by atoms with Crippen molar-refractivity contribution < 1.29 is 14.3 Å². The van der Waals surface area contributed by atoms with Crippen LogP contribution in [0, 0.1) is 11.7 Å². The van der Waals surface area contributed by atoms with E-state index in [4.69, 9.17) is 5.11 Å². The predicted molar refractivity (Wildman–Crippen MR) is 54.9 cm³/mol. The molecule has 0 spiro atoms. The van der Waals surface area contributed by atoms with E-state index in [2.05, 4.69) is 5.32 Å². The Kier molecular flexibility index (Phi) is 4.24. The lowest BCUT2D eigenvalue weighted by atomic mass is 10.1. The molecule has 0 aliphatic carbocycles. The Balaban J connectivity index is 2.32. The van der Waals surface area contributed by atoms with E-state index in [0.717, 1.165) is 5.56 Å². The molecule has 15 heavy (non-hydrogen) atoms. The van der Waals surface area contributed by atoms with Gasteiger partial charge in [-0.3, -0.25) is 4.79 Å². The summed E-state index contributed by atoms with van der Waals surface area (Å²) in [6.45, 7) is 2.60. The number of aliphatic carboxylic acids is 1. The fourth-order valence-electron chi connectivity index (χ4n) is 1.12. The molecule has 82 valence electrons. The number of hydrogen-bond acceptors (Lipinski definition) is 2. The highest BCUT2D eigenvalue weighted by molar-refractivity contribution is 5.69. The molecular weight excluding hydrogens is 197 g/mol. The maximum absolute atomic E-state index is 12.5. The average Bonchev–Trinajstić information content (AvgIpc) is 2.20. The first kappa shape index (κ1) is 11.7. The van der Waals surface area contributed by atoms with Crippen LogP contribution >= 0.6 is 0 Å². The van der Waals surface area contributed by atoms with E-state index in [1.165, 1.54) is 12.1 Å². The lowest BCUT2D eigenvalue weighted by molar-refractivity contribution is -0.140. The largest absolute Gasteiger partial charge is 0.481 e. The van der Waals surface area contributed by atoms with Crippen molar-refractivity contribution >= 4 is 5.97 Å². The van der Waals surface area contributed by atoms with Crippen LogP contribution in [0.3, 0.4) is 0 Å². The van der Waals surface area contributed by atoms with E-state index in [-0.39, 0.29) is 5.82 Å². The number of hydrogen-bond donors (Lipinski definition) is 2. The van der Waals surface area contributed by atoms with Gasteiger partial charge in [-0.1, -0.05) is 19.1 Å². The van der Waals surface area contributed by atoms with Crippen LogP contribution in [0.4, 0.5) is 4.39 Å². The summed E-state index contributed by atoms with van der Waals surface area (Å²) in [6.07, 6.45) is 0. The lowest BCUT2D eigenvalue weighted by Gasteiger charge is -2.07. The first-order chi connectivity index (χ1) is 7.09. The molecule has 2 N–H and O–H groups in total. The Morgan fingerprint density at radius 2 is 2.07 bits per heavy atom. The second-order valence-electron chi connectivity index (χ2n) is 3.50. The summed E-state index contributed by atoms with van der Waals surface area (Å²) < 4.78 is 12.5. The second-order valence-corrected chi connectivity index (χ2v) is 3.50. The van der Waals surface area contributed by atoms with E-state index < -0.39 is 11.9 Å². The minimum absolute atomic E-state index is 0.266. The normalized spacial score (nSPS) is 12.4. The number of halogens is 1. The third-order valence-corrected chi connectivity index (χ3v) is 2.11. The molecule has 0 saturated carbocycles. The monoisotopic (exact) mass is 211 g/mol. The van der Waals surface area contributed by atoms with Gasteiger partial charge in [0.15, 0.2) is 0 Å². The Bertz CT molecular complexity index is 324. The van der Waals surface area contributed by atoms with E-state index in [1.807, 2.05) is 0 Å². The zero-order valence-electron chi connectivity index (χ0n) is 8.53. The number of benzene rings is 1. The van der Waals surface area contributed by atoms with Gasteiger partial charge in [-0.15, -0.1) is 0 Å². The van der Waals surface area contributed by atoms with Crippen molar-refractivity contribution in [3.8, 4) is 0 Å². The van der Waals surface area contributed by atoms with Gasteiger partial charge in [0.25, 0.3) is 0 Å². The van der Waals surface area contributed by atoms with Crippen molar-refractivity contribution in [1.29, 1.82) is 0 Å². The molecule has 0 radical (unpaired) electrons. The zero-order chi connectivity index (χ0) is 11.3. The highest BCUT2D eigenvalue weighted by Crippen LogP contribution is 2.02. The molecule has 1 rings (SSSR count). The van der Waals surface area contributed by atoms with Gasteiger partial charge in [0, 0.05) is 13.1 Å². The standard InChI is InChI=1S/C11H14FNO2/c1-8(11(14)15)6-13-7-9-2-4-10(12)5-3-9/h2-5,8,13H,6-7H2,1H3,(H,14,15). The van der Waals surface area contributed by atoms with Gasteiger partial charge in [0.1, 0.15) is 5.82 Å². The summed E-state index contributed by atoms with van der Waals surface area (Å²) in [5.41, 5.74) is 0.939. The molecule has 3 nitrogen and oxygen atoms in total. The maximum Gasteiger partial charge on any atom is 0.307 e. The SMILES string of the molecule is CC(CNCc1ccc(F)cc1)C(=O)O. The Hall–Kier alpha value is -1.42. The van der Waals surface area contributed by atoms with E-state index in [0.29, 0.717) is 13.1 Å². The quantitative estimate of drug-likeness (QED) is 0.778. The van der Waals surface area contributed by atoms with Gasteiger partial charge < -0.3 is 10.4 Å². The molecule has 0 aliphatic heterocycles. The fraction of sp³-hybridized carbons (Fsp3) is 0.364. The minimum atomic E-state index is -0.818. The van der Waals surface area contributed by atoms with E-state index in [1.54, 1.807) is 19.1 Å². The number of carboxylic acids is 1. The summed E-state index contributed by atoms with van der Waals surface area (Å²) in [7, 11) is 0. The molecule has 4 heteroatoms. The smallest absolute Gasteiger partial charge is 0.307 e. The van der Waals surface area contributed by atoms with Crippen LogP contribution in [-0.4, -0.2) is 17.6 Å². The fourth-order valence-corrected chi connectivity index (χ4v) is 1.12. The average molecular weight is 211 g/mol.